The van der Waals surface area contributed by atoms with Crippen LogP contribution in [0.5, 0.6) is 0 Å². The van der Waals surface area contributed by atoms with Crippen LogP contribution in [0.4, 0.5) is 0 Å². The van der Waals surface area contributed by atoms with Gasteiger partial charge in [0, 0.05) is 0 Å². The summed E-state index contributed by atoms with van der Waals surface area (Å²) < 4.78 is 27.9. The first-order chi connectivity index (χ1) is 2.64. The van der Waals surface area contributed by atoms with E-state index in [9.17, 15) is 3.07 Å². The summed E-state index contributed by atoms with van der Waals surface area (Å²) in [7, 11) is 0. The van der Waals surface area contributed by atoms with Gasteiger partial charge in [0.1, 0.15) is 2.82 Å². The van der Waals surface area contributed by atoms with Crippen LogP contribution in [0, 0.1) is 3.56 Å². The molecule has 0 saturated heterocycles. The number of rotatable bonds is 1. The molecule has 0 heterocycles. The lowest BCUT2D eigenvalue weighted by Crippen LogP contribution is -1.57. The van der Waals surface area contributed by atoms with Gasteiger partial charge in [-0.3, -0.25) is 0 Å². The van der Waals surface area contributed by atoms with Crippen molar-refractivity contribution in [3.05, 3.63) is 0 Å². The molecule has 0 aliphatic heterocycles. The smallest absolute Gasteiger partial charge is 0.241 e. The molecule has 0 aromatic carbocycles. The predicted molar refractivity (Wildman–Crippen MR) is 21.6 cm³/mol. The van der Waals surface area contributed by atoms with Gasteiger partial charge >= 0.3 is 0 Å². The zero-order valence-electron chi connectivity index (χ0n) is 3.73. The third-order valence-corrected chi connectivity index (χ3v) is 0. The molecule has 3 N–H and O–H groups in total. The second kappa shape index (κ2) is 1.59. The molecule has 0 radical (unpaired) electrons. The van der Waals surface area contributed by atoms with Gasteiger partial charge in [0.25, 0.3) is 19.9 Å². The van der Waals surface area contributed by atoms with Crippen LogP contribution >= 0.6 is 19.9 Å². The molecule has 4 heavy (non-hydrogen) atoms. The molecule has 3 nitrogen and oxygen atoms in total. The van der Waals surface area contributed by atoms with E-state index in [4.69, 9.17) is 6.39 Å². The molecule has 26 valence electrons. The zero-order valence-corrected chi connectivity index (χ0v) is 3.89. The molecule has 0 aromatic rings. The van der Waals surface area contributed by atoms with Gasteiger partial charge in [-0.1, -0.05) is 0 Å². The molecule has 0 saturated carbocycles. The van der Waals surface area contributed by atoms with Gasteiger partial charge in [0.2, 0.25) is 0 Å². The molecule has 0 atom stereocenters. The maximum absolute atomic E-state index is 9.60. The van der Waals surface area contributed by atoms with Crippen LogP contribution in [0.1, 0.15) is 0 Å². The summed E-state index contributed by atoms with van der Waals surface area (Å²) >= 11 is -3.22. The molecule has 0 amide bonds. The molecule has 0 fully saturated rings. The van der Waals surface area contributed by atoms with Gasteiger partial charge in [0.05, 0.1) is 0 Å². The molecule has 4 heteroatoms. The number of hydrogen-bond acceptors (Lipinski definition) is 2. The average molecular weight is 176 g/mol. The van der Waals surface area contributed by atoms with E-state index >= 15 is 0 Å². The van der Waals surface area contributed by atoms with Crippen molar-refractivity contribution in [2.75, 3.05) is 0 Å². The van der Waals surface area contributed by atoms with Gasteiger partial charge in [-0.15, -0.1) is 0 Å². The Morgan fingerprint density at radius 3 is 2.75 bits per heavy atom. The second-order valence-corrected chi connectivity index (χ2v) is 1.55. The van der Waals surface area contributed by atoms with Crippen LogP contribution in [-0.2, 0) is 3.07 Å². The minimum absolute atomic E-state index is 0.0656. The van der Waals surface area contributed by atoms with E-state index < -0.39 is 19.9 Å². The third kappa shape index (κ3) is 45.3. The highest BCUT2D eigenvalue weighted by molar-refractivity contribution is 14.2. The topological polar surface area (TPSA) is 66.9 Å². The summed E-state index contributed by atoms with van der Waals surface area (Å²) in [6.07, 6.45) is 0. The Morgan fingerprint density at radius 1 is 2.50 bits per heavy atom. The fourth-order valence-electron chi connectivity index (χ4n) is 0. The summed E-state index contributed by atoms with van der Waals surface area (Å²) in [6, 6.07) is 0. The van der Waals surface area contributed by atoms with Crippen LogP contribution in [-0.4, -0.2) is 0 Å². The van der Waals surface area contributed by atoms with E-state index in [-0.39, 0.29) is 3.93 Å². The van der Waals surface area contributed by atoms with Gasteiger partial charge in [-0.05, 0) is 0 Å². The standard InChI is InChI=1S/H3IN2O/c2-1(3)4/h(H3,2,3,4)/i/hD2. The maximum Gasteiger partial charge on any atom is 0.253 e. The van der Waals surface area contributed by atoms with Crippen LogP contribution in [0.25, 0.3) is 0 Å². The van der Waals surface area contributed by atoms with Crippen molar-refractivity contribution in [1.82, 2.24) is 0 Å². The summed E-state index contributed by atoms with van der Waals surface area (Å²) in [4.78, 5) is 0. The summed E-state index contributed by atoms with van der Waals surface area (Å²) in [5, 5.41) is 0. The average Bonchev–Trinajstić information content (AvgIpc) is 1.36. The lowest BCUT2D eigenvalue weighted by molar-refractivity contribution is 0.646. The quantitative estimate of drug-likeness (QED) is 0.450. The summed E-state index contributed by atoms with van der Waals surface area (Å²) in [5.74, 6) is 0. The van der Waals surface area contributed by atoms with Crippen molar-refractivity contribution >= 4 is 19.9 Å². The normalized spacial score (nSPS) is 16.5. The zero-order chi connectivity index (χ0) is 5.15. The van der Waals surface area contributed by atoms with Gasteiger partial charge in [-0.2, -0.15) is 0 Å². The van der Waals surface area contributed by atoms with Crippen LogP contribution < -0.4 is 3.93 Å². The monoisotopic (exact) mass is 176 g/mol. The predicted octanol–water partition coefficient (Wildman–Crippen LogP) is 0.474. The number of halogens is 1. The molecule has 0 spiro atoms. The van der Waals surface area contributed by atoms with Crippen molar-refractivity contribution in [3.63, 3.8) is 0 Å². The number of nitrogens with one attached hydrogen (secondary N) is 1. The van der Waals surface area contributed by atoms with Crippen molar-refractivity contribution in [2.45, 2.75) is 0 Å². The highest BCUT2D eigenvalue weighted by Gasteiger charge is 1.44. The molecule has 0 unspecified atom stereocenters. The molecule has 0 aliphatic rings. The van der Waals surface area contributed by atoms with Gasteiger partial charge in [0.15, 0.2) is 0 Å². The molecular formula is H3IN2O. The number of nitrogens with two attached hydrogens (primary N) is 1. The van der Waals surface area contributed by atoms with Gasteiger partial charge in [-0.25, -0.2) is 10.6 Å². The van der Waals surface area contributed by atoms with Crippen molar-refractivity contribution < 1.29 is 5.89 Å². The number of hydrogen-bond donors (Lipinski definition) is 2. The minimum Gasteiger partial charge on any atom is -0.241 e. The van der Waals surface area contributed by atoms with E-state index in [2.05, 4.69) is 0 Å². The van der Waals surface area contributed by atoms with E-state index in [1.54, 1.807) is 0 Å². The Bertz CT molecular complexity index is 87.7. The Labute approximate surface area is 33.9 Å². The first-order valence-corrected chi connectivity index (χ1v) is 3.44. The van der Waals surface area contributed by atoms with Crippen LogP contribution in [0.15, 0.2) is 0 Å². The minimum atomic E-state index is -3.22. The van der Waals surface area contributed by atoms with Gasteiger partial charge < -0.3 is 0 Å². The highest BCUT2D eigenvalue weighted by atomic mass is 127. The van der Waals surface area contributed by atoms with Crippen LogP contribution in [0.3, 0.4) is 0 Å². The SMILES string of the molecule is [2H]N([2H])I(=N)=O. The Kier molecular flexibility index (Phi) is 0.661. The Hall–Kier alpha value is 0.290. The summed E-state index contributed by atoms with van der Waals surface area (Å²) in [5.41, 5.74) is 0. The van der Waals surface area contributed by atoms with E-state index in [0.717, 1.165) is 0 Å². The van der Waals surface area contributed by atoms with E-state index in [1.165, 1.54) is 0 Å². The van der Waals surface area contributed by atoms with Crippen LogP contribution in [0.2, 0.25) is 2.82 Å². The molecule has 0 aliphatic carbocycles. The second-order valence-electron chi connectivity index (χ2n) is 0.231. The van der Waals surface area contributed by atoms with Crippen molar-refractivity contribution in [1.29, 1.82) is 3.56 Å². The third-order valence-electron chi connectivity index (χ3n) is 0. The Balaban J connectivity index is 3.57. The fraction of sp³-hybridized carbons (Fsp3) is 0. The lowest BCUT2D eigenvalue weighted by Gasteiger charge is -1.43. The largest absolute Gasteiger partial charge is 0.253 e. The Morgan fingerprint density at radius 2 is 2.75 bits per heavy atom. The fourth-order valence-corrected chi connectivity index (χ4v) is 0. The molecular weight excluding hydrogens is 171 g/mol. The lowest BCUT2D eigenvalue weighted by atomic mass is 14.0. The summed E-state index contributed by atoms with van der Waals surface area (Å²) in [6.45, 7) is 0. The molecule has 0 bridgehead atoms. The first-order valence-electron chi connectivity index (χ1n) is 1.41. The van der Waals surface area contributed by atoms with Crippen molar-refractivity contribution in [2.24, 2.45) is 3.93 Å². The van der Waals surface area contributed by atoms with E-state index in [1.807, 2.05) is 0 Å². The maximum atomic E-state index is 9.60. The highest BCUT2D eigenvalue weighted by Crippen LogP contribution is 1.80. The van der Waals surface area contributed by atoms with Crippen molar-refractivity contribution in [3.8, 4) is 0 Å². The first kappa shape index (κ1) is 1.66. The molecule has 0 aromatic heterocycles. The molecule has 0 rings (SSSR count). The van der Waals surface area contributed by atoms with E-state index in [0.29, 0.717) is 0 Å².